The molecule has 0 saturated carbocycles. The van der Waals surface area contributed by atoms with E-state index in [0.717, 1.165) is 5.56 Å². The number of nitrogens with zero attached hydrogens (tertiary/aromatic N) is 2. The second-order valence-electron chi connectivity index (χ2n) is 7.06. The van der Waals surface area contributed by atoms with Crippen molar-refractivity contribution in [3.63, 3.8) is 0 Å². The molecule has 0 aliphatic heterocycles. The van der Waals surface area contributed by atoms with Gasteiger partial charge in [0.15, 0.2) is 0 Å². The molecule has 4 N–H and O–H groups in total. The number of urea groups is 2. The lowest BCUT2D eigenvalue weighted by Gasteiger charge is -2.14. The number of amides is 4. The van der Waals surface area contributed by atoms with Gasteiger partial charge in [-0.2, -0.15) is 5.26 Å². The number of hydrogen-bond donors (Lipinski definition) is 4. The summed E-state index contributed by atoms with van der Waals surface area (Å²) in [7, 11) is 0. The largest absolute Gasteiger partial charge is 0.491 e. The molecule has 0 aliphatic carbocycles. The molecule has 3 aromatic rings. The summed E-state index contributed by atoms with van der Waals surface area (Å²) >= 11 is 6.06. The Morgan fingerprint density at radius 3 is 2.56 bits per heavy atom. The molecule has 9 nitrogen and oxygen atoms in total. The van der Waals surface area contributed by atoms with Crippen molar-refractivity contribution in [2.45, 2.75) is 13.0 Å². The fourth-order valence-electron chi connectivity index (χ4n) is 2.83. The second-order valence-corrected chi connectivity index (χ2v) is 7.50. The van der Waals surface area contributed by atoms with Crippen LogP contribution in [0.3, 0.4) is 0 Å². The molecule has 10 heteroatoms. The zero-order chi connectivity index (χ0) is 24.2. The van der Waals surface area contributed by atoms with E-state index in [4.69, 9.17) is 21.6 Å². The number of benzene rings is 2. The number of nitriles is 1. The third kappa shape index (κ3) is 8.00. The average Bonchev–Trinajstić information content (AvgIpc) is 2.85. The van der Waals surface area contributed by atoms with Gasteiger partial charge in [0.1, 0.15) is 17.6 Å². The van der Waals surface area contributed by atoms with Gasteiger partial charge in [0.25, 0.3) is 0 Å². The summed E-state index contributed by atoms with van der Waals surface area (Å²) in [6, 6.07) is 18.7. The first-order valence-electron chi connectivity index (χ1n) is 10.5. The van der Waals surface area contributed by atoms with Gasteiger partial charge in [0.05, 0.1) is 17.9 Å². The van der Waals surface area contributed by atoms with Gasteiger partial charge in [-0.05, 0) is 42.3 Å². The molecule has 0 bridgehead atoms. The van der Waals surface area contributed by atoms with E-state index < -0.39 is 6.03 Å². The van der Waals surface area contributed by atoms with Gasteiger partial charge < -0.3 is 20.7 Å². The highest BCUT2D eigenvalue weighted by atomic mass is 35.5. The Morgan fingerprint density at radius 1 is 1.00 bits per heavy atom. The molecule has 3 rings (SSSR count). The number of rotatable bonds is 9. The second kappa shape index (κ2) is 12.7. The minimum absolute atomic E-state index is 0.259. The molecular weight excluding hydrogens is 456 g/mol. The number of aromatic nitrogens is 1. The van der Waals surface area contributed by atoms with Crippen molar-refractivity contribution in [2.24, 2.45) is 0 Å². The zero-order valence-electron chi connectivity index (χ0n) is 18.2. The first kappa shape index (κ1) is 24.4. The Bertz CT molecular complexity index is 1150. The highest BCUT2D eigenvalue weighted by molar-refractivity contribution is 6.31. The van der Waals surface area contributed by atoms with Crippen LogP contribution < -0.4 is 26.0 Å². The highest BCUT2D eigenvalue weighted by Crippen LogP contribution is 2.28. The third-order valence-corrected chi connectivity index (χ3v) is 4.72. The minimum atomic E-state index is -0.541. The lowest BCUT2D eigenvalue weighted by molar-refractivity contribution is 0.238. The fourth-order valence-corrected chi connectivity index (χ4v) is 3.00. The number of ether oxygens (including phenoxy) is 1. The molecule has 1 heterocycles. The van der Waals surface area contributed by atoms with Crippen molar-refractivity contribution in [1.82, 2.24) is 15.6 Å². The van der Waals surface area contributed by atoms with Crippen LogP contribution in [-0.4, -0.2) is 30.2 Å². The Morgan fingerprint density at radius 2 is 1.82 bits per heavy atom. The summed E-state index contributed by atoms with van der Waals surface area (Å²) in [5.41, 5.74) is 1.79. The van der Waals surface area contributed by atoms with Crippen molar-refractivity contribution < 1.29 is 14.3 Å². The minimum Gasteiger partial charge on any atom is -0.491 e. The van der Waals surface area contributed by atoms with Crippen LogP contribution in [-0.2, 0) is 6.54 Å². The summed E-state index contributed by atoms with van der Waals surface area (Å²) in [6.45, 7) is 1.18. The summed E-state index contributed by atoms with van der Waals surface area (Å²) in [6.07, 6.45) is 1.92. The maximum Gasteiger partial charge on any atom is 0.324 e. The van der Waals surface area contributed by atoms with E-state index in [2.05, 4.69) is 26.3 Å². The van der Waals surface area contributed by atoms with Gasteiger partial charge >= 0.3 is 12.1 Å². The van der Waals surface area contributed by atoms with Gasteiger partial charge in [-0.25, -0.2) is 14.6 Å². The van der Waals surface area contributed by atoms with Gasteiger partial charge in [-0.3, -0.25) is 5.32 Å². The van der Waals surface area contributed by atoms with Gasteiger partial charge in [0.2, 0.25) is 0 Å². The maximum absolute atomic E-state index is 12.3. The molecule has 0 unspecified atom stereocenters. The standard InChI is InChI=1S/C24H23ClN6O3/c25-19-8-9-21(20(13-19)30-24(33)31-22-10-7-18(14-26)16-28-22)34-12-4-11-27-23(32)29-15-17-5-2-1-3-6-17/h1-3,5-10,13,16H,4,11-12,15H2,(H2,27,29,32)(H2,28,30,31,33). The zero-order valence-corrected chi connectivity index (χ0v) is 18.9. The number of hydrogen-bond acceptors (Lipinski definition) is 5. The van der Waals surface area contributed by atoms with Gasteiger partial charge in [0, 0.05) is 24.3 Å². The monoisotopic (exact) mass is 478 g/mol. The lowest BCUT2D eigenvalue weighted by Crippen LogP contribution is -2.36. The van der Waals surface area contributed by atoms with Crippen LogP contribution in [0.2, 0.25) is 5.02 Å². The summed E-state index contributed by atoms with van der Waals surface area (Å²) in [5, 5.41) is 20.1. The Labute approximate surface area is 202 Å². The van der Waals surface area contributed by atoms with E-state index in [1.807, 2.05) is 36.4 Å². The molecule has 1 aromatic heterocycles. The van der Waals surface area contributed by atoms with E-state index in [0.29, 0.717) is 48.1 Å². The first-order chi connectivity index (χ1) is 16.5. The maximum atomic E-state index is 12.3. The first-order valence-corrected chi connectivity index (χ1v) is 10.8. The fraction of sp³-hybridized carbons (Fsp3) is 0.167. The summed E-state index contributed by atoms with van der Waals surface area (Å²) in [5.74, 6) is 0.721. The SMILES string of the molecule is N#Cc1ccc(NC(=O)Nc2cc(Cl)ccc2OCCCNC(=O)NCc2ccccc2)nc1. The molecule has 0 saturated heterocycles. The predicted octanol–water partition coefficient (Wildman–Crippen LogP) is 4.52. The topological polar surface area (TPSA) is 128 Å². The quantitative estimate of drug-likeness (QED) is 0.336. The third-order valence-electron chi connectivity index (χ3n) is 4.48. The Hall–Kier alpha value is -4.29. The molecule has 0 atom stereocenters. The lowest BCUT2D eigenvalue weighted by atomic mass is 10.2. The number of carbonyl (C=O) groups is 2. The number of halogens is 1. The van der Waals surface area contributed by atoms with E-state index >= 15 is 0 Å². The molecule has 4 amide bonds. The van der Waals surface area contributed by atoms with Crippen LogP contribution in [0.15, 0.2) is 66.9 Å². The summed E-state index contributed by atoms with van der Waals surface area (Å²) < 4.78 is 5.76. The molecule has 0 radical (unpaired) electrons. The van der Waals surface area contributed by atoms with E-state index in [-0.39, 0.29) is 11.8 Å². The van der Waals surface area contributed by atoms with Crippen LogP contribution in [0.25, 0.3) is 0 Å². The van der Waals surface area contributed by atoms with Crippen LogP contribution in [0, 0.1) is 11.3 Å². The van der Waals surface area contributed by atoms with Crippen LogP contribution in [0.5, 0.6) is 5.75 Å². The molecule has 2 aromatic carbocycles. The number of carbonyl (C=O) groups excluding carboxylic acids is 2. The molecule has 34 heavy (non-hydrogen) atoms. The van der Waals surface area contributed by atoms with Crippen molar-refractivity contribution in [1.29, 1.82) is 5.26 Å². The van der Waals surface area contributed by atoms with Crippen molar-refractivity contribution in [2.75, 3.05) is 23.8 Å². The highest BCUT2D eigenvalue weighted by Gasteiger charge is 2.10. The van der Waals surface area contributed by atoms with Crippen LogP contribution in [0.4, 0.5) is 21.1 Å². The van der Waals surface area contributed by atoms with E-state index in [1.165, 1.54) is 12.3 Å². The van der Waals surface area contributed by atoms with Gasteiger partial charge in [-0.15, -0.1) is 0 Å². The molecule has 0 spiro atoms. The van der Waals surface area contributed by atoms with E-state index in [1.54, 1.807) is 24.3 Å². The van der Waals surface area contributed by atoms with Crippen molar-refractivity contribution in [3.8, 4) is 11.8 Å². The molecule has 0 aliphatic rings. The molecule has 0 fully saturated rings. The smallest absolute Gasteiger partial charge is 0.324 e. The van der Waals surface area contributed by atoms with Crippen LogP contribution in [0.1, 0.15) is 17.5 Å². The average molecular weight is 479 g/mol. The summed E-state index contributed by atoms with van der Waals surface area (Å²) in [4.78, 5) is 28.2. The van der Waals surface area contributed by atoms with Crippen LogP contribution >= 0.6 is 11.6 Å². The number of nitrogens with one attached hydrogen (secondary N) is 4. The van der Waals surface area contributed by atoms with Crippen molar-refractivity contribution >= 4 is 35.2 Å². The van der Waals surface area contributed by atoms with E-state index in [9.17, 15) is 9.59 Å². The number of pyridine rings is 1. The predicted molar refractivity (Wildman–Crippen MR) is 130 cm³/mol. The normalized spacial score (nSPS) is 10.0. The molecular formula is C24H23ClN6O3. The van der Waals surface area contributed by atoms with Crippen molar-refractivity contribution in [3.05, 3.63) is 83.0 Å². The Kier molecular flexibility index (Phi) is 9.08. The molecule has 174 valence electrons. The number of anilines is 2. The van der Waals surface area contributed by atoms with Gasteiger partial charge in [-0.1, -0.05) is 41.9 Å². The Balaban J connectivity index is 1.42.